The molecule has 348 valence electrons. The standard InChI is InChI=1S/C57H51ClN4O7/c1-6-55(38-66-54(63)67-39(2)3)49(68-57(43-23-15-9-16-24-43,44-25-17-10-18-26-44)45-29-33-47(65-5)34-30-45)37-50(69-55)62-36-35-48-51(59-53(58)60-52(48)62)61-56(40-19-11-7-12-20-40,41-21-13-8-14-22-41)42-27-31-46(64-4)32-28-42/h1,7-36,39,49-50H,37-38H2,2-5H3,(H,59,60,61)/t49-,50+,55+/m0/s1. The lowest BCUT2D eigenvalue weighted by Gasteiger charge is -2.41. The molecule has 8 aromatic rings. The van der Waals surface area contributed by atoms with Gasteiger partial charge in [-0.1, -0.05) is 152 Å². The number of carbonyl (C=O) groups is 1. The Hall–Kier alpha value is -7.62. The molecule has 9 rings (SSSR count). The van der Waals surface area contributed by atoms with Crippen LogP contribution in [0.4, 0.5) is 10.6 Å². The van der Waals surface area contributed by atoms with Gasteiger partial charge in [-0.25, -0.2) is 9.78 Å². The average Bonchev–Trinajstić information content (AvgIpc) is 3.99. The number of fused-ring (bicyclic) bond motifs is 1. The van der Waals surface area contributed by atoms with Crippen LogP contribution in [0, 0.1) is 12.3 Å². The fourth-order valence-corrected chi connectivity index (χ4v) is 9.44. The summed E-state index contributed by atoms with van der Waals surface area (Å²) >= 11 is 6.95. The first-order chi connectivity index (χ1) is 33.6. The first kappa shape index (κ1) is 46.5. The van der Waals surface area contributed by atoms with E-state index in [-0.39, 0.29) is 11.7 Å². The number of methoxy groups -OCH3 is 2. The summed E-state index contributed by atoms with van der Waals surface area (Å²) in [4.78, 5) is 22.8. The zero-order valence-corrected chi connectivity index (χ0v) is 39.4. The SMILES string of the molecule is C#C[C@]1(COC(=O)OC(C)C)O[C@@H](n2ccc3c(NC(c4ccccc4)(c4ccccc4)c4ccc(OC)cc4)nc(Cl)nc32)C[C@@H]1OC(c1ccccc1)(c1ccccc1)c1ccc(OC)cc1. The van der Waals surface area contributed by atoms with Gasteiger partial charge in [0.2, 0.25) is 5.28 Å². The number of halogens is 1. The van der Waals surface area contributed by atoms with E-state index < -0.39 is 47.9 Å². The van der Waals surface area contributed by atoms with Gasteiger partial charge in [0, 0.05) is 12.6 Å². The third-order valence-electron chi connectivity index (χ3n) is 12.5. The number of hydrogen-bond donors (Lipinski definition) is 1. The van der Waals surface area contributed by atoms with E-state index in [2.05, 4.69) is 35.5 Å². The van der Waals surface area contributed by atoms with Gasteiger partial charge < -0.3 is 38.3 Å². The summed E-state index contributed by atoms with van der Waals surface area (Å²) in [6.45, 7) is 3.09. The minimum atomic E-state index is -1.65. The molecule has 12 heteroatoms. The summed E-state index contributed by atoms with van der Waals surface area (Å²) in [6.07, 6.45) is 5.55. The van der Waals surface area contributed by atoms with Crippen LogP contribution in [0.3, 0.4) is 0 Å². The lowest BCUT2D eigenvalue weighted by Crippen LogP contribution is -2.49. The first-order valence-electron chi connectivity index (χ1n) is 22.6. The van der Waals surface area contributed by atoms with Crippen molar-refractivity contribution in [2.24, 2.45) is 0 Å². The Balaban J connectivity index is 1.19. The molecule has 2 aromatic heterocycles. The number of nitrogens with zero attached hydrogens (tertiary/aromatic N) is 3. The van der Waals surface area contributed by atoms with Crippen LogP contribution < -0.4 is 14.8 Å². The topological polar surface area (TPSA) is 115 Å². The van der Waals surface area contributed by atoms with Crippen molar-refractivity contribution in [3.05, 3.63) is 221 Å². The molecule has 0 bridgehead atoms. The summed E-state index contributed by atoms with van der Waals surface area (Å²) in [5, 5.41) is 4.53. The quantitative estimate of drug-likeness (QED) is 0.0434. The van der Waals surface area contributed by atoms with Crippen LogP contribution in [0.15, 0.2) is 182 Å². The van der Waals surface area contributed by atoms with Crippen LogP contribution in [0.25, 0.3) is 11.0 Å². The Morgan fingerprint density at radius 2 is 1.22 bits per heavy atom. The Labute approximate surface area is 406 Å². The number of anilines is 1. The van der Waals surface area contributed by atoms with E-state index in [9.17, 15) is 4.79 Å². The molecule has 0 saturated carbocycles. The molecule has 11 nitrogen and oxygen atoms in total. The van der Waals surface area contributed by atoms with E-state index in [0.717, 1.165) is 39.1 Å². The van der Waals surface area contributed by atoms with Crippen LogP contribution >= 0.6 is 11.6 Å². The van der Waals surface area contributed by atoms with Crippen molar-refractivity contribution in [2.75, 3.05) is 26.1 Å². The third kappa shape index (κ3) is 8.98. The zero-order valence-electron chi connectivity index (χ0n) is 38.6. The summed E-state index contributed by atoms with van der Waals surface area (Å²) < 4.78 is 38.9. The summed E-state index contributed by atoms with van der Waals surface area (Å²) in [5.74, 6) is 4.76. The van der Waals surface area contributed by atoms with Crippen LogP contribution in [-0.4, -0.2) is 59.3 Å². The van der Waals surface area contributed by atoms with E-state index in [1.807, 2.05) is 162 Å². The number of hydrogen-bond acceptors (Lipinski definition) is 10. The predicted molar refractivity (Wildman–Crippen MR) is 266 cm³/mol. The average molecular weight is 940 g/mol. The molecule has 69 heavy (non-hydrogen) atoms. The number of carbonyl (C=O) groups excluding carboxylic acids is 1. The molecular weight excluding hydrogens is 888 g/mol. The highest BCUT2D eigenvalue weighted by molar-refractivity contribution is 6.28. The molecule has 1 aliphatic rings. The minimum absolute atomic E-state index is 0.00448. The van der Waals surface area contributed by atoms with Crippen molar-refractivity contribution < 1.29 is 33.2 Å². The lowest BCUT2D eigenvalue weighted by atomic mass is 9.77. The van der Waals surface area contributed by atoms with Gasteiger partial charge in [0.05, 0.1) is 25.7 Å². The van der Waals surface area contributed by atoms with Crippen molar-refractivity contribution in [2.45, 2.75) is 55.4 Å². The molecule has 1 N–H and O–H groups in total. The highest BCUT2D eigenvalue weighted by Crippen LogP contribution is 2.49. The predicted octanol–water partition coefficient (Wildman–Crippen LogP) is 11.7. The van der Waals surface area contributed by atoms with Gasteiger partial charge in [0.1, 0.15) is 53.0 Å². The van der Waals surface area contributed by atoms with E-state index in [0.29, 0.717) is 22.6 Å². The van der Waals surface area contributed by atoms with Gasteiger partial charge >= 0.3 is 6.16 Å². The van der Waals surface area contributed by atoms with Gasteiger partial charge in [-0.2, -0.15) is 4.98 Å². The van der Waals surface area contributed by atoms with E-state index in [4.69, 9.17) is 56.4 Å². The van der Waals surface area contributed by atoms with Crippen molar-refractivity contribution in [1.29, 1.82) is 0 Å². The molecule has 0 spiro atoms. The molecule has 0 unspecified atom stereocenters. The molecule has 0 aliphatic carbocycles. The Bertz CT molecular complexity index is 2960. The first-order valence-corrected chi connectivity index (χ1v) is 23.0. The van der Waals surface area contributed by atoms with Crippen molar-refractivity contribution >= 4 is 34.6 Å². The summed E-state index contributed by atoms with van der Waals surface area (Å²) in [5.41, 5.74) is 1.85. The fourth-order valence-electron chi connectivity index (χ4n) is 9.28. The number of aromatic nitrogens is 3. The van der Waals surface area contributed by atoms with Gasteiger partial charge in [-0.15, -0.1) is 6.42 Å². The molecule has 3 atom stereocenters. The Morgan fingerprint density at radius 3 is 1.71 bits per heavy atom. The second-order valence-corrected chi connectivity index (χ2v) is 17.3. The Morgan fingerprint density at radius 1 is 0.739 bits per heavy atom. The van der Waals surface area contributed by atoms with Crippen molar-refractivity contribution in [3.63, 3.8) is 0 Å². The number of nitrogens with one attached hydrogen (secondary N) is 1. The van der Waals surface area contributed by atoms with Crippen LogP contribution in [-0.2, 0) is 30.1 Å². The largest absolute Gasteiger partial charge is 0.508 e. The van der Waals surface area contributed by atoms with E-state index in [1.165, 1.54) is 0 Å². The maximum absolute atomic E-state index is 13.1. The monoisotopic (exact) mass is 938 g/mol. The third-order valence-corrected chi connectivity index (χ3v) is 12.7. The van der Waals surface area contributed by atoms with Crippen LogP contribution in [0.1, 0.15) is 59.9 Å². The number of terminal acetylenes is 1. The van der Waals surface area contributed by atoms with Crippen LogP contribution in [0.5, 0.6) is 11.5 Å². The number of benzene rings is 6. The summed E-state index contributed by atoms with van der Waals surface area (Å²) in [7, 11) is 3.27. The molecule has 1 saturated heterocycles. The molecule has 1 fully saturated rings. The molecule has 3 heterocycles. The second kappa shape index (κ2) is 19.9. The number of rotatable bonds is 16. The second-order valence-electron chi connectivity index (χ2n) is 16.9. The lowest BCUT2D eigenvalue weighted by molar-refractivity contribution is -0.138. The molecule has 1 aliphatic heterocycles. The smallest absolute Gasteiger partial charge is 0.497 e. The van der Waals surface area contributed by atoms with Gasteiger partial charge in [0.25, 0.3) is 0 Å². The van der Waals surface area contributed by atoms with Crippen molar-refractivity contribution in [3.8, 4) is 23.8 Å². The van der Waals surface area contributed by atoms with Gasteiger partial charge in [0.15, 0.2) is 5.60 Å². The molecule has 6 aromatic carbocycles. The zero-order chi connectivity index (χ0) is 48.0. The van der Waals surface area contributed by atoms with Gasteiger partial charge in [-0.05, 0) is 89.2 Å². The summed E-state index contributed by atoms with van der Waals surface area (Å²) in [6, 6.07) is 57.8. The maximum atomic E-state index is 13.1. The molecule has 0 radical (unpaired) electrons. The number of ether oxygens (including phenoxy) is 6. The molecular formula is C57H51ClN4O7. The maximum Gasteiger partial charge on any atom is 0.508 e. The van der Waals surface area contributed by atoms with Gasteiger partial charge in [-0.3, -0.25) is 0 Å². The molecule has 0 amide bonds. The van der Waals surface area contributed by atoms with Crippen LogP contribution in [0.2, 0.25) is 5.28 Å². The highest BCUT2D eigenvalue weighted by atomic mass is 35.5. The fraction of sp³-hybridized carbons (Fsp3) is 0.211. The van der Waals surface area contributed by atoms with E-state index >= 15 is 0 Å². The van der Waals surface area contributed by atoms with E-state index in [1.54, 1.807) is 28.1 Å². The van der Waals surface area contributed by atoms with Crippen molar-refractivity contribution in [1.82, 2.24) is 14.5 Å². The normalized spacial score (nSPS) is 17.0. The minimum Gasteiger partial charge on any atom is -0.497 e. The highest BCUT2D eigenvalue weighted by Gasteiger charge is 2.55. The Kier molecular flexibility index (Phi) is 13.4.